The van der Waals surface area contributed by atoms with Crippen LogP contribution in [-0.2, 0) is 6.42 Å². The zero-order valence-corrected chi connectivity index (χ0v) is 7.27. The van der Waals surface area contributed by atoms with Gasteiger partial charge in [0.05, 0.1) is 11.3 Å². The van der Waals surface area contributed by atoms with Gasteiger partial charge in [-0.1, -0.05) is 6.92 Å². The molecule has 1 heterocycles. The third-order valence-corrected chi connectivity index (χ3v) is 1.67. The molecule has 0 unspecified atom stereocenters. The van der Waals surface area contributed by atoms with Crippen LogP contribution >= 0.6 is 0 Å². The predicted molar refractivity (Wildman–Crippen MR) is 47.6 cm³/mol. The molecule has 66 valence electrons. The molecule has 0 atom stereocenters. The van der Waals surface area contributed by atoms with E-state index in [0.717, 1.165) is 6.21 Å². The normalized spacial score (nSPS) is 9.00. The molecule has 0 aliphatic carbocycles. The number of rotatable bonds is 3. The van der Waals surface area contributed by atoms with Crippen molar-refractivity contribution in [2.24, 2.45) is 0 Å². The van der Waals surface area contributed by atoms with Crippen LogP contribution in [0.2, 0.25) is 0 Å². The molecule has 4 heteroatoms. The number of hydrogen-bond donors (Lipinski definition) is 0. The second-order valence-electron chi connectivity index (χ2n) is 2.46. The first-order valence-corrected chi connectivity index (χ1v) is 3.95. The maximum atomic E-state index is 11.3. The van der Waals surface area contributed by atoms with Crippen molar-refractivity contribution < 1.29 is 9.58 Å². The van der Waals surface area contributed by atoms with Crippen LogP contribution in [0.15, 0.2) is 18.3 Å². The number of Topliss-reactive ketones (excluding diaryl/α,β-unsaturated/α-hetero) is 1. The Hall–Kier alpha value is -1.80. The van der Waals surface area contributed by atoms with Gasteiger partial charge in [-0.3, -0.25) is 9.78 Å². The van der Waals surface area contributed by atoms with Crippen LogP contribution in [-0.4, -0.2) is 21.8 Å². The average molecular weight is 175 g/mol. The maximum absolute atomic E-state index is 11.3. The lowest BCUT2D eigenvalue weighted by Crippen LogP contribution is -2.06. The van der Waals surface area contributed by atoms with Crippen molar-refractivity contribution in [1.82, 2.24) is 4.98 Å². The lowest BCUT2D eigenvalue weighted by Gasteiger charge is -1.98. The van der Waals surface area contributed by atoms with Gasteiger partial charge >= 0.3 is 6.21 Å². The SMILES string of the molecule is CCc1ncccc1C(=O)C=[N+]=[N-]. The highest BCUT2D eigenvalue weighted by molar-refractivity contribution is 6.33. The van der Waals surface area contributed by atoms with Gasteiger partial charge in [0, 0.05) is 6.20 Å². The lowest BCUT2D eigenvalue weighted by atomic mass is 10.1. The number of ketones is 1. The maximum Gasteiger partial charge on any atom is 0.328 e. The number of aryl methyl sites for hydroxylation is 1. The number of pyridine rings is 1. The zero-order chi connectivity index (χ0) is 9.68. The van der Waals surface area contributed by atoms with E-state index in [-0.39, 0.29) is 5.78 Å². The quantitative estimate of drug-likeness (QED) is 0.299. The predicted octanol–water partition coefficient (Wildman–Crippen LogP) is 1.13. The Morgan fingerprint density at radius 2 is 2.54 bits per heavy atom. The van der Waals surface area contributed by atoms with Gasteiger partial charge in [0.15, 0.2) is 0 Å². The Bertz CT molecular complexity index is 367. The van der Waals surface area contributed by atoms with Crippen LogP contribution in [0.1, 0.15) is 23.0 Å². The molecule has 0 aliphatic rings. The summed E-state index contributed by atoms with van der Waals surface area (Å²) in [5, 5.41) is 0. The van der Waals surface area contributed by atoms with E-state index in [4.69, 9.17) is 5.53 Å². The van der Waals surface area contributed by atoms with E-state index in [1.807, 2.05) is 6.92 Å². The van der Waals surface area contributed by atoms with Crippen LogP contribution < -0.4 is 0 Å². The number of carbonyl (C=O) groups excluding carboxylic acids is 1. The lowest BCUT2D eigenvalue weighted by molar-refractivity contribution is 0.00233. The summed E-state index contributed by atoms with van der Waals surface area (Å²) < 4.78 is 0. The molecule has 0 amide bonds. The van der Waals surface area contributed by atoms with E-state index in [1.165, 1.54) is 0 Å². The summed E-state index contributed by atoms with van der Waals surface area (Å²) in [6, 6.07) is 3.34. The molecule has 0 aromatic carbocycles. The average Bonchev–Trinajstić information content (AvgIpc) is 2.18. The van der Waals surface area contributed by atoms with Crippen molar-refractivity contribution in [3.63, 3.8) is 0 Å². The van der Waals surface area contributed by atoms with Crippen molar-refractivity contribution in [3.8, 4) is 0 Å². The van der Waals surface area contributed by atoms with E-state index in [9.17, 15) is 4.79 Å². The van der Waals surface area contributed by atoms with Gasteiger partial charge in [-0.05, 0) is 18.6 Å². The second kappa shape index (κ2) is 4.28. The molecule has 1 aromatic heterocycles. The van der Waals surface area contributed by atoms with Crippen LogP contribution in [0.3, 0.4) is 0 Å². The van der Waals surface area contributed by atoms with Gasteiger partial charge in [0.1, 0.15) is 0 Å². The molecule has 4 nitrogen and oxygen atoms in total. The summed E-state index contributed by atoms with van der Waals surface area (Å²) >= 11 is 0. The van der Waals surface area contributed by atoms with Crippen LogP contribution in [0, 0.1) is 0 Å². The molecule has 0 N–H and O–H groups in total. The summed E-state index contributed by atoms with van der Waals surface area (Å²) in [6.07, 6.45) is 3.18. The monoisotopic (exact) mass is 175 g/mol. The minimum atomic E-state index is -0.326. The molecule has 0 fully saturated rings. The Kier molecular flexibility index (Phi) is 3.06. The molecular weight excluding hydrogens is 166 g/mol. The van der Waals surface area contributed by atoms with E-state index in [0.29, 0.717) is 17.7 Å². The van der Waals surface area contributed by atoms with Gasteiger partial charge < -0.3 is 5.53 Å². The molecule has 0 bridgehead atoms. The fourth-order valence-electron chi connectivity index (χ4n) is 1.07. The van der Waals surface area contributed by atoms with Crippen LogP contribution in [0.5, 0.6) is 0 Å². The zero-order valence-electron chi connectivity index (χ0n) is 7.27. The Morgan fingerprint density at radius 3 is 3.15 bits per heavy atom. The van der Waals surface area contributed by atoms with Gasteiger partial charge in [-0.2, -0.15) is 4.79 Å². The summed E-state index contributed by atoms with van der Waals surface area (Å²) in [5.74, 6) is -0.326. The molecular formula is C9H9N3O. The number of hydrogen-bond acceptors (Lipinski definition) is 2. The summed E-state index contributed by atoms with van der Waals surface area (Å²) in [6.45, 7) is 1.91. The fraction of sp³-hybridized carbons (Fsp3) is 0.222. The molecule has 1 rings (SSSR count). The highest BCUT2D eigenvalue weighted by atomic mass is 16.1. The van der Waals surface area contributed by atoms with E-state index < -0.39 is 0 Å². The molecule has 0 saturated carbocycles. The Labute approximate surface area is 75.9 Å². The van der Waals surface area contributed by atoms with Gasteiger partial charge in [0.25, 0.3) is 5.78 Å². The molecule has 13 heavy (non-hydrogen) atoms. The van der Waals surface area contributed by atoms with Crippen molar-refractivity contribution in [2.75, 3.05) is 0 Å². The molecule has 0 radical (unpaired) electrons. The van der Waals surface area contributed by atoms with E-state index >= 15 is 0 Å². The Morgan fingerprint density at radius 1 is 1.77 bits per heavy atom. The summed E-state index contributed by atoms with van der Waals surface area (Å²) in [4.78, 5) is 18.0. The second-order valence-corrected chi connectivity index (χ2v) is 2.46. The van der Waals surface area contributed by atoms with Crippen molar-refractivity contribution >= 4 is 12.0 Å². The van der Waals surface area contributed by atoms with Crippen molar-refractivity contribution in [2.45, 2.75) is 13.3 Å². The number of carbonyl (C=O) groups is 1. The van der Waals surface area contributed by atoms with Gasteiger partial charge in [-0.25, -0.2) is 0 Å². The van der Waals surface area contributed by atoms with E-state index in [1.54, 1.807) is 18.3 Å². The highest BCUT2D eigenvalue weighted by Crippen LogP contribution is 2.05. The van der Waals surface area contributed by atoms with Crippen LogP contribution in [0.4, 0.5) is 0 Å². The third kappa shape index (κ3) is 2.07. The molecule has 1 aromatic rings. The fourth-order valence-corrected chi connectivity index (χ4v) is 1.07. The summed E-state index contributed by atoms with van der Waals surface area (Å²) in [5.41, 5.74) is 9.39. The number of nitrogens with zero attached hydrogens (tertiary/aromatic N) is 3. The first-order valence-electron chi connectivity index (χ1n) is 3.95. The molecule has 0 aliphatic heterocycles. The summed E-state index contributed by atoms with van der Waals surface area (Å²) in [7, 11) is 0. The first-order chi connectivity index (χ1) is 6.29. The first kappa shape index (κ1) is 9.29. The van der Waals surface area contributed by atoms with Gasteiger partial charge in [0.2, 0.25) is 0 Å². The molecule has 0 spiro atoms. The molecule has 0 saturated heterocycles. The standard InChI is InChI=1S/C9H9N3O/c1-2-8-7(4-3-5-11-8)9(13)6-12-10/h3-6H,2H2,1H3. The minimum Gasteiger partial charge on any atom is -0.361 e. The van der Waals surface area contributed by atoms with Crippen LogP contribution in [0.25, 0.3) is 5.53 Å². The topological polar surface area (TPSA) is 66.4 Å². The van der Waals surface area contributed by atoms with E-state index in [2.05, 4.69) is 9.77 Å². The third-order valence-electron chi connectivity index (χ3n) is 1.67. The number of aromatic nitrogens is 1. The van der Waals surface area contributed by atoms with Gasteiger partial charge in [-0.15, -0.1) is 0 Å². The smallest absolute Gasteiger partial charge is 0.328 e. The van der Waals surface area contributed by atoms with Crippen molar-refractivity contribution in [3.05, 3.63) is 35.1 Å². The minimum absolute atomic E-state index is 0.326. The Balaban J connectivity index is 3.12. The highest BCUT2D eigenvalue weighted by Gasteiger charge is 2.11. The largest absolute Gasteiger partial charge is 0.361 e. The van der Waals surface area contributed by atoms with Crippen molar-refractivity contribution in [1.29, 1.82) is 0 Å².